The summed E-state index contributed by atoms with van der Waals surface area (Å²) in [6.45, 7) is 4.12. The van der Waals surface area contributed by atoms with Crippen LogP contribution < -0.4 is 0 Å². The summed E-state index contributed by atoms with van der Waals surface area (Å²) < 4.78 is 18.7. The molecule has 1 unspecified atom stereocenters. The molecule has 0 spiro atoms. The Balaban J connectivity index is 1.68. The number of aliphatic hydroxyl groups is 1. The largest absolute Gasteiger partial charge is 0.507 e. The molecule has 32 heavy (non-hydrogen) atoms. The molecule has 4 rings (SSSR count). The molecular formula is C24H24ClFN2O4. The number of hydrogen-bond donors (Lipinski definition) is 1. The lowest BCUT2D eigenvalue weighted by Gasteiger charge is -2.29. The van der Waals surface area contributed by atoms with E-state index < -0.39 is 23.5 Å². The molecule has 2 saturated heterocycles. The molecule has 8 heteroatoms. The maximum Gasteiger partial charge on any atom is 0.295 e. The maximum absolute atomic E-state index is 13.4. The summed E-state index contributed by atoms with van der Waals surface area (Å²) in [6.07, 6.45) is 0.657. The van der Waals surface area contributed by atoms with E-state index in [0.29, 0.717) is 36.8 Å². The zero-order chi connectivity index (χ0) is 22.7. The molecule has 2 fully saturated rings. The van der Waals surface area contributed by atoms with Crippen molar-refractivity contribution in [2.24, 2.45) is 0 Å². The molecule has 0 aliphatic carbocycles. The van der Waals surface area contributed by atoms with Crippen LogP contribution in [0, 0.1) is 5.82 Å². The van der Waals surface area contributed by atoms with Gasteiger partial charge in [-0.1, -0.05) is 29.8 Å². The van der Waals surface area contributed by atoms with Crippen molar-refractivity contribution in [3.63, 3.8) is 0 Å². The van der Waals surface area contributed by atoms with Crippen LogP contribution in [0.4, 0.5) is 4.39 Å². The third kappa shape index (κ3) is 4.55. The zero-order valence-electron chi connectivity index (χ0n) is 17.5. The second kappa shape index (κ2) is 9.81. The molecule has 0 aromatic heterocycles. The molecule has 2 aliphatic rings. The monoisotopic (exact) mass is 458 g/mol. The average Bonchev–Trinajstić information content (AvgIpc) is 3.05. The third-order valence-corrected chi connectivity index (χ3v) is 6.18. The van der Waals surface area contributed by atoms with Gasteiger partial charge in [-0.15, -0.1) is 0 Å². The molecule has 2 aromatic carbocycles. The number of halogens is 2. The fourth-order valence-electron chi connectivity index (χ4n) is 4.18. The van der Waals surface area contributed by atoms with Gasteiger partial charge in [-0.25, -0.2) is 4.39 Å². The zero-order valence-corrected chi connectivity index (χ0v) is 18.2. The number of carbonyl (C=O) groups excluding carboxylic acids is 2. The quantitative estimate of drug-likeness (QED) is 0.407. The molecule has 1 atom stereocenters. The second-order valence-corrected chi connectivity index (χ2v) is 8.24. The lowest BCUT2D eigenvalue weighted by atomic mass is 9.95. The fourth-order valence-corrected chi connectivity index (χ4v) is 4.42. The van der Waals surface area contributed by atoms with Crippen molar-refractivity contribution in [1.82, 2.24) is 9.80 Å². The Kier molecular flexibility index (Phi) is 6.89. The molecule has 2 aliphatic heterocycles. The summed E-state index contributed by atoms with van der Waals surface area (Å²) >= 11 is 6.43. The van der Waals surface area contributed by atoms with Gasteiger partial charge in [0, 0.05) is 36.8 Å². The van der Waals surface area contributed by atoms with Crippen molar-refractivity contribution in [3.8, 4) is 0 Å². The van der Waals surface area contributed by atoms with Crippen LogP contribution in [0.15, 0.2) is 54.1 Å². The van der Waals surface area contributed by atoms with Crippen LogP contribution in [0.2, 0.25) is 5.02 Å². The standard InChI is InChI=1S/C24H24ClFN2O4/c25-19-5-2-1-4-18(19)21-20(22(29)16-6-8-17(26)9-7-16)23(30)24(31)28(21)11-3-10-27-12-14-32-15-13-27/h1-2,4-9,21,29H,3,10-15H2/b22-20+. The summed E-state index contributed by atoms with van der Waals surface area (Å²) in [5, 5.41) is 11.4. The highest BCUT2D eigenvalue weighted by molar-refractivity contribution is 6.47. The number of carbonyl (C=O) groups is 2. The Hall–Kier alpha value is -2.74. The third-order valence-electron chi connectivity index (χ3n) is 5.83. The highest BCUT2D eigenvalue weighted by Gasteiger charge is 2.46. The number of ether oxygens (including phenoxy) is 1. The van der Waals surface area contributed by atoms with Gasteiger partial charge in [0.1, 0.15) is 11.6 Å². The number of morpholine rings is 1. The van der Waals surface area contributed by atoms with E-state index in [1.165, 1.54) is 29.2 Å². The van der Waals surface area contributed by atoms with Crippen LogP contribution in [-0.2, 0) is 14.3 Å². The first-order valence-electron chi connectivity index (χ1n) is 10.6. The predicted molar refractivity (Wildman–Crippen MR) is 119 cm³/mol. The summed E-state index contributed by atoms with van der Waals surface area (Å²) in [5.41, 5.74) is 0.777. The first-order chi connectivity index (χ1) is 15.5. The van der Waals surface area contributed by atoms with Gasteiger partial charge in [-0.05, 0) is 42.3 Å². The minimum absolute atomic E-state index is 0.0407. The van der Waals surface area contributed by atoms with Crippen molar-refractivity contribution in [2.45, 2.75) is 12.5 Å². The minimum atomic E-state index is -0.821. The van der Waals surface area contributed by atoms with Gasteiger partial charge in [0.05, 0.1) is 24.8 Å². The number of nitrogens with zero attached hydrogens (tertiary/aromatic N) is 2. The number of amides is 1. The van der Waals surface area contributed by atoms with E-state index in [9.17, 15) is 19.1 Å². The number of benzene rings is 2. The van der Waals surface area contributed by atoms with Crippen molar-refractivity contribution < 1.29 is 23.8 Å². The van der Waals surface area contributed by atoms with E-state index in [1.807, 2.05) is 0 Å². The van der Waals surface area contributed by atoms with Crippen LogP contribution in [0.3, 0.4) is 0 Å². The molecule has 0 radical (unpaired) electrons. The van der Waals surface area contributed by atoms with Crippen molar-refractivity contribution >= 4 is 29.1 Å². The van der Waals surface area contributed by atoms with Crippen molar-refractivity contribution in [1.29, 1.82) is 0 Å². The molecule has 1 amide bonds. The van der Waals surface area contributed by atoms with Gasteiger partial charge in [-0.2, -0.15) is 0 Å². The Morgan fingerprint density at radius 3 is 2.44 bits per heavy atom. The summed E-state index contributed by atoms with van der Waals surface area (Å²) in [4.78, 5) is 29.7. The van der Waals surface area contributed by atoms with E-state index in [-0.39, 0.29) is 16.9 Å². The molecule has 1 N–H and O–H groups in total. The molecular weight excluding hydrogens is 435 g/mol. The highest BCUT2D eigenvalue weighted by Crippen LogP contribution is 2.41. The number of ketones is 1. The van der Waals surface area contributed by atoms with Gasteiger partial charge < -0.3 is 14.7 Å². The topological polar surface area (TPSA) is 70.1 Å². The first kappa shape index (κ1) is 22.5. The molecule has 6 nitrogen and oxygen atoms in total. The van der Waals surface area contributed by atoms with Gasteiger partial charge in [-0.3, -0.25) is 14.5 Å². The van der Waals surface area contributed by atoms with Gasteiger partial charge in [0.2, 0.25) is 0 Å². The molecule has 0 bridgehead atoms. The van der Waals surface area contributed by atoms with Crippen molar-refractivity contribution in [2.75, 3.05) is 39.4 Å². The van der Waals surface area contributed by atoms with E-state index >= 15 is 0 Å². The molecule has 0 saturated carbocycles. The van der Waals surface area contributed by atoms with E-state index in [2.05, 4.69) is 4.90 Å². The van der Waals surface area contributed by atoms with E-state index in [1.54, 1.807) is 24.3 Å². The summed E-state index contributed by atoms with van der Waals surface area (Å²) in [6, 6.07) is 11.3. The van der Waals surface area contributed by atoms with Crippen LogP contribution >= 0.6 is 11.6 Å². The van der Waals surface area contributed by atoms with Gasteiger partial charge in [0.15, 0.2) is 0 Å². The fraction of sp³-hybridized carbons (Fsp3) is 0.333. The van der Waals surface area contributed by atoms with E-state index in [0.717, 1.165) is 19.6 Å². The average molecular weight is 459 g/mol. The minimum Gasteiger partial charge on any atom is -0.507 e. The predicted octanol–water partition coefficient (Wildman–Crippen LogP) is 3.62. The Labute approximate surface area is 190 Å². The highest BCUT2D eigenvalue weighted by atomic mass is 35.5. The number of Topliss-reactive ketones (excluding diaryl/α,β-unsaturated/α-hetero) is 1. The Bertz CT molecular complexity index is 1030. The van der Waals surface area contributed by atoms with Crippen LogP contribution in [0.5, 0.6) is 0 Å². The lowest BCUT2D eigenvalue weighted by molar-refractivity contribution is -0.140. The Morgan fingerprint density at radius 2 is 1.75 bits per heavy atom. The van der Waals surface area contributed by atoms with Gasteiger partial charge >= 0.3 is 0 Å². The number of rotatable bonds is 6. The van der Waals surface area contributed by atoms with Crippen LogP contribution in [0.1, 0.15) is 23.6 Å². The summed E-state index contributed by atoms with van der Waals surface area (Å²) in [5.74, 6) is -2.26. The number of likely N-dealkylation sites (tertiary alicyclic amines) is 1. The Morgan fingerprint density at radius 1 is 1.06 bits per heavy atom. The second-order valence-electron chi connectivity index (χ2n) is 7.83. The lowest BCUT2D eigenvalue weighted by Crippen LogP contribution is -2.39. The van der Waals surface area contributed by atoms with E-state index in [4.69, 9.17) is 16.3 Å². The van der Waals surface area contributed by atoms with Crippen molar-refractivity contribution in [3.05, 3.63) is 76.1 Å². The number of aliphatic hydroxyl groups excluding tert-OH is 1. The smallest absolute Gasteiger partial charge is 0.295 e. The normalized spacial score (nSPS) is 21.3. The maximum atomic E-state index is 13.4. The number of hydrogen-bond acceptors (Lipinski definition) is 5. The molecule has 2 heterocycles. The SMILES string of the molecule is O=C1C(=O)N(CCCN2CCOCC2)C(c2ccccc2Cl)/C1=C(\O)c1ccc(F)cc1. The van der Waals surface area contributed by atoms with Crippen LogP contribution in [-0.4, -0.2) is 66.0 Å². The molecule has 168 valence electrons. The van der Waals surface area contributed by atoms with Gasteiger partial charge in [0.25, 0.3) is 11.7 Å². The first-order valence-corrected chi connectivity index (χ1v) is 10.9. The van der Waals surface area contributed by atoms with Crippen LogP contribution in [0.25, 0.3) is 5.76 Å². The molecule has 2 aromatic rings. The summed E-state index contributed by atoms with van der Waals surface area (Å²) in [7, 11) is 0.